The second-order valence-corrected chi connectivity index (χ2v) is 6.54. The largest absolute Gasteiger partial charge is 0.346 e. The maximum Gasteiger partial charge on any atom is 0.346 e. The van der Waals surface area contributed by atoms with Gasteiger partial charge in [-0.2, -0.15) is 10.2 Å². The van der Waals surface area contributed by atoms with Crippen molar-refractivity contribution in [2.75, 3.05) is 25.0 Å². The summed E-state index contributed by atoms with van der Waals surface area (Å²) in [6, 6.07) is 7.30. The van der Waals surface area contributed by atoms with Gasteiger partial charge in [-0.05, 0) is 35.8 Å². The molecule has 1 aromatic carbocycles. The number of urea groups is 1. The lowest BCUT2D eigenvalue weighted by Crippen LogP contribution is -2.40. The van der Waals surface area contributed by atoms with E-state index in [1.54, 1.807) is 25.5 Å². The summed E-state index contributed by atoms with van der Waals surface area (Å²) in [6.45, 7) is 5.22. The third-order valence-corrected chi connectivity index (χ3v) is 4.64. The van der Waals surface area contributed by atoms with E-state index in [9.17, 15) is 9.18 Å². The fraction of sp³-hybridized carbons (Fsp3) is 0.200. The second kappa shape index (κ2) is 8.61. The van der Waals surface area contributed by atoms with Gasteiger partial charge in [0.25, 0.3) is 0 Å². The number of benzene rings is 1. The minimum atomic E-state index is -0.494. The molecule has 8 nitrogen and oxygen atoms in total. The minimum Gasteiger partial charge on any atom is -0.327 e. The third kappa shape index (κ3) is 4.14. The number of aromatic amines is 1. The number of fused-ring (bicyclic) bond motifs is 1. The maximum absolute atomic E-state index is 12.8. The highest BCUT2D eigenvalue weighted by Gasteiger charge is 2.21. The number of aryl methyl sites for hydroxylation is 1. The Bertz CT molecular complexity index is 1080. The van der Waals surface area contributed by atoms with Crippen LogP contribution < -0.4 is 10.6 Å². The summed E-state index contributed by atoms with van der Waals surface area (Å²) in [5.74, 6) is 0.436. The Morgan fingerprint density at radius 3 is 2.83 bits per heavy atom. The molecule has 0 saturated heterocycles. The van der Waals surface area contributed by atoms with Crippen molar-refractivity contribution < 1.29 is 9.18 Å². The number of hydrogen-bond donors (Lipinski definition) is 2. The van der Waals surface area contributed by atoms with E-state index in [1.165, 1.54) is 4.90 Å². The fourth-order valence-corrected chi connectivity index (χ4v) is 2.92. The van der Waals surface area contributed by atoms with Gasteiger partial charge in [0.2, 0.25) is 0 Å². The van der Waals surface area contributed by atoms with Crippen LogP contribution in [0.5, 0.6) is 0 Å². The lowest BCUT2D eigenvalue weighted by atomic mass is 10.0. The van der Waals surface area contributed by atoms with E-state index in [2.05, 4.69) is 27.0 Å². The summed E-state index contributed by atoms with van der Waals surface area (Å²) in [6.07, 6.45) is 3.85. The summed E-state index contributed by atoms with van der Waals surface area (Å²) in [4.78, 5) is 18.4. The number of rotatable bonds is 6. The van der Waals surface area contributed by atoms with E-state index in [4.69, 9.17) is 5.73 Å². The molecule has 2 heterocycles. The molecule has 0 bridgehead atoms. The standard InChI is InChI=1S/C20H22FN7O/c1-13-6-19(27(3)20(29)28(23-2)12-14(8-21)9-22)24-11-17(13)15-4-5-16-10-25-26-18(16)7-15/h4-8,10-11H,2,9,12,22H2,1,3H3,(H,25,26)/b14-8+. The van der Waals surface area contributed by atoms with Crippen LogP contribution in [-0.2, 0) is 0 Å². The summed E-state index contributed by atoms with van der Waals surface area (Å²) in [5.41, 5.74) is 9.49. The topological polar surface area (TPSA) is 103 Å². The van der Waals surface area contributed by atoms with Gasteiger partial charge in [0.15, 0.2) is 0 Å². The van der Waals surface area contributed by atoms with Gasteiger partial charge in [0, 0.05) is 37.5 Å². The molecule has 0 spiro atoms. The Hall–Kier alpha value is -3.59. The molecule has 0 aliphatic carbocycles. The monoisotopic (exact) mass is 395 g/mol. The number of amides is 2. The number of carbonyl (C=O) groups excluding carboxylic acids is 1. The predicted octanol–water partition coefficient (Wildman–Crippen LogP) is 3.22. The van der Waals surface area contributed by atoms with Crippen molar-refractivity contribution in [2.24, 2.45) is 10.8 Å². The van der Waals surface area contributed by atoms with Crippen molar-refractivity contribution in [3.8, 4) is 11.1 Å². The van der Waals surface area contributed by atoms with E-state index in [1.807, 2.05) is 25.1 Å². The van der Waals surface area contributed by atoms with E-state index in [-0.39, 0.29) is 18.7 Å². The van der Waals surface area contributed by atoms with Gasteiger partial charge in [-0.15, -0.1) is 0 Å². The molecule has 0 fully saturated rings. The number of aromatic nitrogens is 3. The van der Waals surface area contributed by atoms with Crippen LogP contribution in [0.15, 0.2) is 53.7 Å². The summed E-state index contributed by atoms with van der Waals surface area (Å²) in [5, 5.41) is 12.7. The summed E-state index contributed by atoms with van der Waals surface area (Å²) < 4.78 is 12.8. The first-order valence-corrected chi connectivity index (χ1v) is 8.88. The van der Waals surface area contributed by atoms with Crippen LogP contribution in [-0.4, -0.2) is 53.1 Å². The highest BCUT2D eigenvalue weighted by atomic mass is 19.1. The van der Waals surface area contributed by atoms with Crippen LogP contribution in [0.25, 0.3) is 22.0 Å². The van der Waals surface area contributed by atoms with Crippen LogP contribution in [0, 0.1) is 6.92 Å². The van der Waals surface area contributed by atoms with Gasteiger partial charge in [-0.25, -0.2) is 19.2 Å². The number of anilines is 1. The maximum atomic E-state index is 12.8. The Morgan fingerprint density at radius 1 is 1.38 bits per heavy atom. The van der Waals surface area contributed by atoms with Crippen molar-refractivity contribution >= 4 is 29.5 Å². The molecule has 9 heteroatoms. The van der Waals surface area contributed by atoms with Gasteiger partial charge in [0.05, 0.1) is 24.6 Å². The number of nitrogens with zero attached hydrogens (tertiary/aromatic N) is 5. The number of nitrogens with two attached hydrogens (primary N) is 1. The van der Waals surface area contributed by atoms with Crippen LogP contribution in [0.4, 0.5) is 15.0 Å². The Kier molecular flexibility index (Phi) is 5.99. The zero-order valence-corrected chi connectivity index (χ0v) is 16.3. The van der Waals surface area contributed by atoms with Gasteiger partial charge in [-0.1, -0.05) is 12.1 Å². The first-order chi connectivity index (χ1) is 14.0. The summed E-state index contributed by atoms with van der Waals surface area (Å²) >= 11 is 0. The number of pyridine rings is 1. The lowest BCUT2D eigenvalue weighted by molar-refractivity contribution is 0.212. The van der Waals surface area contributed by atoms with Crippen molar-refractivity contribution in [3.05, 3.63) is 54.1 Å². The molecule has 29 heavy (non-hydrogen) atoms. The molecule has 0 aliphatic heterocycles. The zero-order valence-electron chi connectivity index (χ0n) is 16.3. The van der Waals surface area contributed by atoms with Crippen LogP contribution in [0.1, 0.15) is 5.56 Å². The minimum absolute atomic E-state index is 0.0216. The van der Waals surface area contributed by atoms with Gasteiger partial charge in [-0.3, -0.25) is 10.00 Å². The van der Waals surface area contributed by atoms with Crippen molar-refractivity contribution in [1.82, 2.24) is 20.2 Å². The van der Waals surface area contributed by atoms with Crippen LogP contribution in [0.3, 0.4) is 0 Å². The molecule has 0 radical (unpaired) electrons. The molecule has 0 unspecified atom stereocenters. The van der Waals surface area contributed by atoms with Crippen LogP contribution in [0.2, 0.25) is 0 Å². The molecular formula is C20H22FN7O. The molecule has 150 valence electrons. The normalized spacial score (nSPS) is 11.5. The molecule has 0 aliphatic rings. The average Bonchev–Trinajstić information content (AvgIpc) is 3.21. The van der Waals surface area contributed by atoms with E-state index in [0.717, 1.165) is 32.6 Å². The number of nitrogens with one attached hydrogen (secondary N) is 1. The van der Waals surface area contributed by atoms with Crippen molar-refractivity contribution in [2.45, 2.75) is 6.92 Å². The highest BCUT2D eigenvalue weighted by molar-refractivity contribution is 5.91. The average molecular weight is 395 g/mol. The number of hydrazone groups is 1. The summed E-state index contributed by atoms with van der Waals surface area (Å²) in [7, 11) is 1.57. The fourth-order valence-electron chi connectivity index (χ4n) is 2.92. The molecular weight excluding hydrogens is 373 g/mol. The third-order valence-electron chi connectivity index (χ3n) is 4.64. The van der Waals surface area contributed by atoms with E-state index in [0.29, 0.717) is 12.1 Å². The van der Waals surface area contributed by atoms with Crippen molar-refractivity contribution in [3.63, 3.8) is 0 Å². The first-order valence-electron chi connectivity index (χ1n) is 8.88. The Balaban J connectivity index is 1.84. The highest BCUT2D eigenvalue weighted by Crippen LogP contribution is 2.28. The van der Waals surface area contributed by atoms with E-state index < -0.39 is 6.03 Å². The van der Waals surface area contributed by atoms with Crippen LogP contribution >= 0.6 is 0 Å². The molecule has 2 aromatic heterocycles. The Morgan fingerprint density at radius 2 is 2.17 bits per heavy atom. The smallest absolute Gasteiger partial charge is 0.327 e. The van der Waals surface area contributed by atoms with Crippen molar-refractivity contribution in [1.29, 1.82) is 0 Å². The molecule has 0 atom stereocenters. The zero-order chi connectivity index (χ0) is 21.0. The quantitative estimate of drug-likeness (QED) is 0.494. The molecule has 3 rings (SSSR count). The molecule has 3 aromatic rings. The SMILES string of the molecule is C=NN(C/C(=C/F)CN)C(=O)N(C)c1cc(C)c(-c2ccc3cn[nH]c3c2)cn1. The number of hydrogen-bond acceptors (Lipinski definition) is 5. The Labute approximate surface area is 167 Å². The molecule has 3 N–H and O–H groups in total. The molecule has 2 amide bonds. The van der Waals surface area contributed by atoms with E-state index >= 15 is 0 Å². The lowest BCUT2D eigenvalue weighted by Gasteiger charge is -2.24. The van der Waals surface area contributed by atoms with Gasteiger partial charge >= 0.3 is 6.03 Å². The number of H-pyrrole nitrogens is 1. The first kappa shape index (κ1) is 20.2. The number of halogens is 1. The van der Waals surface area contributed by atoms with Gasteiger partial charge in [0.1, 0.15) is 5.82 Å². The number of carbonyl (C=O) groups is 1. The second-order valence-electron chi connectivity index (χ2n) is 6.54. The van der Waals surface area contributed by atoms with Gasteiger partial charge < -0.3 is 5.73 Å². The predicted molar refractivity (Wildman–Crippen MR) is 112 cm³/mol. The molecule has 0 saturated carbocycles.